The largest absolute Gasteiger partial charge is 0.472 e. The Kier molecular flexibility index (Phi) is 2.42. The number of hydrogen-bond donors (Lipinski definition) is 0. The van der Waals surface area contributed by atoms with Crippen molar-refractivity contribution >= 4 is 0 Å². The SMILES string of the molecule is c1cc(-c2ccoc2)nc(-c2ccc3c(c2)OCO3)n1. The van der Waals surface area contributed by atoms with E-state index in [1.165, 1.54) is 0 Å². The number of aromatic nitrogens is 2. The first-order chi connectivity index (χ1) is 9.90. The number of nitrogens with zero attached hydrogens (tertiary/aromatic N) is 2. The van der Waals surface area contributed by atoms with Crippen LogP contribution in [0.4, 0.5) is 0 Å². The van der Waals surface area contributed by atoms with E-state index >= 15 is 0 Å². The van der Waals surface area contributed by atoms with E-state index in [1.807, 2.05) is 30.3 Å². The molecular weight excluding hydrogens is 256 g/mol. The van der Waals surface area contributed by atoms with Crippen molar-refractivity contribution in [3.63, 3.8) is 0 Å². The molecule has 20 heavy (non-hydrogen) atoms. The molecule has 0 amide bonds. The molecule has 1 aliphatic heterocycles. The summed E-state index contributed by atoms with van der Waals surface area (Å²) >= 11 is 0. The second-order valence-corrected chi connectivity index (χ2v) is 4.35. The topological polar surface area (TPSA) is 57.4 Å². The molecule has 2 aromatic heterocycles. The average Bonchev–Trinajstić information content (AvgIpc) is 3.18. The Morgan fingerprint density at radius 1 is 0.950 bits per heavy atom. The van der Waals surface area contributed by atoms with Gasteiger partial charge in [-0.15, -0.1) is 0 Å². The lowest BCUT2D eigenvalue weighted by atomic mass is 10.1. The molecule has 4 rings (SSSR count). The van der Waals surface area contributed by atoms with Gasteiger partial charge in [-0.3, -0.25) is 0 Å². The highest BCUT2D eigenvalue weighted by atomic mass is 16.7. The maximum Gasteiger partial charge on any atom is 0.231 e. The number of benzene rings is 1. The van der Waals surface area contributed by atoms with Gasteiger partial charge in [-0.1, -0.05) is 0 Å². The second kappa shape index (κ2) is 4.38. The summed E-state index contributed by atoms with van der Waals surface area (Å²) < 4.78 is 15.7. The highest BCUT2D eigenvalue weighted by Crippen LogP contribution is 2.35. The van der Waals surface area contributed by atoms with Crippen LogP contribution in [0.3, 0.4) is 0 Å². The van der Waals surface area contributed by atoms with Crippen molar-refractivity contribution < 1.29 is 13.9 Å². The molecule has 5 nitrogen and oxygen atoms in total. The van der Waals surface area contributed by atoms with Gasteiger partial charge in [0.25, 0.3) is 0 Å². The number of ether oxygens (including phenoxy) is 2. The number of furan rings is 1. The van der Waals surface area contributed by atoms with Crippen LogP contribution < -0.4 is 9.47 Å². The summed E-state index contributed by atoms with van der Waals surface area (Å²) in [4.78, 5) is 8.85. The van der Waals surface area contributed by atoms with Gasteiger partial charge in [-0.2, -0.15) is 0 Å². The van der Waals surface area contributed by atoms with E-state index in [0.29, 0.717) is 5.82 Å². The maximum absolute atomic E-state index is 5.37. The first kappa shape index (κ1) is 11.0. The Hall–Kier alpha value is -2.82. The molecule has 3 heterocycles. The zero-order valence-electron chi connectivity index (χ0n) is 10.4. The molecule has 0 saturated heterocycles. The zero-order chi connectivity index (χ0) is 13.4. The minimum Gasteiger partial charge on any atom is -0.472 e. The van der Waals surface area contributed by atoms with Crippen molar-refractivity contribution in [1.82, 2.24) is 9.97 Å². The molecule has 0 spiro atoms. The Morgan fingerprint density at radius 3 is 2.80 bits per heavy atom. The summed E-state index contributed by atoms with van der Waals surface area (Å²) in [7, 11) is 0. The third-order valence-electron chi connectivity index (χ3n) is 3.10. The van der Waals surface area contributed by atoms with Gasteiger partial charge >= 0.3 is 0 Å². The van der Waals surface area contributed by atoms with Crippen LogP contribution in [0.2, 0.25) is 0 Å². The molecule has 5 heteroatoms. The molecular formula is C15H10N2O3. The molecule has 98 valence electrons. The minimum atomic E-state index is 0.259. The van der Waals surface area contributed by atoms with E-state index in [4.69, 9.17) is 13.9 Å². The van der Waals surface area contributed by atoms with Crippen molar-refractivity contribution in [2.45, 2.75) is 0 Å². The van der Waals surface area contributed by atoms with Crippen LogP contribution in [-0.4, -0.2) is 16.8 Å². The zero-order valence-corrected chi connectivity index (χ0v) is 10.4. The first-order valence-electron chi connectivity index (χ1n) is 6.16. The van der Waals surface area contributed by atoms with Gasteiger partial charge in [0, 0.05) is 17.3 Å². The third-order valence-corrected chi connectivity index (χ3v) is 3.10. The Labute approximate surface area is 114 Å². The quantitative estimate of drug-likeness (QED) is 0.713. The summed E-state index contributed by atoms with van der Waals surface area (Å²) in [6, 6.07) is 9.39. The molecule has 0 bridgehead atoms. The van der Waals surface area contributed by atoms with Crippen molar-refractivity contribution in [2.75, 3.05) is 6.79 Å². The van der Waals surface area contributed by atoms with Crippen LogP contribution in [0.1, 0.15) is 0 Å². The van der Waals surface area contributed by atoms with E-state index in [2.05, 4.69) is 9.97 Å². The Balaban J connectivity index is 1.77. The van der Waals surface area contributed by atoms with E-state index in [1.54, 1.807) is 18.7 Å². The standard InChI is InChI=1S/C15H10N2O3/c1-2-13-14(20-9-19-13)7-10(1)15-16-5-3-12(17-15)11-4-6-18-8-11/h1-8H,9H2. The number of hydrogen-bond acceptors (Lipinski definition) is 5. The minimum absolute atomic E-state index is 0.259. The molecule has 0 N–H and O–H groups in total. The lowest BCUT2D eigenvalue weighted by Gasteiger charge is -2.03. The van der Waals surface area contributed by atoms with Crippen LogP contribution >= 0.6 is 0 Å². The smallest absolute Gasteiger partial charge is 0.231 e. The lowest BCUT2D eigenvalue weighted by molar-refractivity contribution is 0.174. The summed E-state index contributed by atoms with van der Waals surface area (Å²) in [5, 5.41) is 0. The summed E-state index contributed by atoms with van der Waals surface area (Å²) in [5.41, 5.74) is 2.63. The van der Waals surface area contributed by atoms with Crippen molar-refractivity contribution in [3.8, 4) is 34.1 Å². The fourth-order valence-electron chi connectivity index (χ4n) is 2.10. The predicted molar refractivity (Wildman–Crippen MR) is 71.3 cm³/mol. The number of rotatable bonds is 2. The van der Waals surface area contributed by atoms with Crippen LogP contribution in [0.25, 0.3) is 22.6 Å². The predicted octanol–water partition coefficient (Wildman–Crippen LogP) is 3.13. The fourth-order valence-corrected chi connectivity index (χ4v) is 2.10. The summed E-state index contributed by atoms with van der Waals surface area (Å²) in [6.07, 6.45) is 5.01. The molecule has 0 atom stereocenters. The first-order valence-corrected chi connectivity index (χ1v) is 6.16. The van der Waals surface area contributed by atoms with Crippen molar-refractivity contribution in [1.29, 1.82) is 0 Å². The number of fused-ring (bicyclic) bond motifs is 1. The van der Waals surface area contributed by atoms with Crippen LogP contribution in [0.5, 0.6) is 11.5 Å². The second-order valence-electron chi connectivity index (χ2n) is 4.35. The molecule has 1 aliphatic rings. The summed E-state index contributed by atoms with van der Waals surface area (Å²) in [5.74, 6) is 2.11. The van der Waals surface area contributed by atoms with Gasteiger partial charge in [0.15, 0.2) is 17.3 Å². The normalized spacial score (nSPS) is 12.6. The third kappa shape index (κ3) is 1.80. The fraction of sp³-hybridized carbons (Fsp3) is 0.0667. The van der Waals surface area contributed by atoms with Gasteiger partial charge in [0.1, 0.15) is 0 Å². The Bertz CT molecular complexity index is 754. The summed E-state index contributed by atoms with van der Waals surface area (Å²) in [6.45, 7) is 0.259. The molecule has 0 radical (unpaired) electrons. The molecule has 0 unspecified atom stereocenters. The van der Waals surface area contributed by atoms with E-state index in [-0.39, 0.29) is 6.79 Å². The molecule has 1 aromatic carbocycles. The van der Waals surface area contributed by atoms with Gasteiger partial charge in [0.05, 0.1) is 18.2 Å². The van der Waals surface area contributed by atoms with Gasteiger partial charge in [-0.05, 0) is 30.3 Å². The maximum atomic E-state index is 5.37. The highest BCUT2D eigenvalue weighted by Gasteiger charge is 2.15. The molecule has 0 aliphatic carbocycles. The molecule has 0 fully saturated rings. The highest BCUT2D eigenvalue weighted by molar-refractivity contribution is 5.65. The Morgan fingerprint density at radius 2 is 1.90 bits per heavy atom. The van der Waals surface area contributed by atoms with Gasteiger partial charge in [0.2, 0.25) is 6.79 Å². The van der Waals surface area contributed by atoms with Crippen LogP contribution in [-0.2, 0) is 0 Å². The van der Waals surface area contributed by atoms with Gasteiger partial charge < -0.3 is 13.9 Å². The van der Waals surface area contributed by atoms with Crippen LogP contribution in [0.15, 0.2) is 53.5 Å². The molecule has 0 saturated carbocycles. The van der Waals surface area contributed by atoms with Crippen molar-refractivity contribution in [2.24, 2.45) is 0 Å². The van der Waals surface area contributed by atoms with E-state index in [9.17, 15) is 0 Å². The average molecular weight is 266 g/mol. The van der Waals surface area contributed by atoms with Gasteiger partial charge in [-0.25, -0.2) is 9.97 Å². The van der Waals surface area contributed by atoms with Crippen molar-refractivity contribution in [3.05, 3.63) is 49.1 Å². The van der Waals surface area contributed by atoms with E-state index < -0.39 is 0 Å². The van der Waals surface area contributed by atoms with Crippen LogP contribution in [0, 0.1) is 0 Å². The van der Waals surface area contributed by atoms with E-state index in [0.717, 1.165) is 28.3 Å². The lowest BCUT2D eigenvalue weighted by Crippen LogP contribution is -1.93. The molecule has 3 aromatic rings. The monoisotopic (exact) mass is 266 g/mol.